The molecule has 1 aliphatic rings. The van der Waals surface area contributed by atoms with Gasteiger partial charge in [-0.15, -0.1) is 0 Å². The lowest BCUT2D eigenvalue weighted by molar-refractivity contribution is -0.901. The van der Waals surface area contributed by atoms with Gasteiger partial charge in [-0.05, 0) is 11.6 Å². The lowest BCUT2D eigenvalue weighted by atomic mass is 10.1. The largest absolute Gasteiger partial charge is 0.357 e. The highest BCUT2D eigenvalue weighted by molar-refractivity contribution is 5.51. The Balaban J connectivity index is 1.59. The zero-order valence-electron chi connectivity index (χ0n) is 13.0. The third-order valence-electron chi connectivity index (χ3n) is 4.29. The average Bonchev–Trinajstić information content (AvgIpc) is 3.07. The second kappa shape index (κ2) is 7.19. The predicted molar refractivity (Wildman–Crippen MR) is 87.1 cm³/mol. The molecule has 23 heavy (non-hydrogen) atoms. The van der Waals surface area contributed by atoms with Crippen LogP contribution in [0.4, 0.5) is 11.5 Å². The van der Waals surface area contributed by atoms with Gasteiger partial charge in [-0.2, -0.15) is 0 Å². The summed E-state index contributed by atoms with van der Waals surface area (Å²) in [6.07, 6.45) is 4.35. The van der Waals surface area contributed by atoms with Crippen molar-refractivity contribution in [2.45, 2.75) is 25.9 Å². The molecular formula is C17H22N4O2+2. The fourth-order valence-corrected chi connectivity index (χ4v) is 3.03. The van der Waals surface area contributed by atoms with Gasteiger partial charge in [0.05, 0.1) is 24.2 Å². The van der Waals surface area contributed by atoms with Crippen molar-refractivity contribution in [2.75, 3.05) is 18.4 Å². The number of anilines is 1. The Kier molecular flexibility index (Phi) is 4.83. The zero-order chi connectivity index (χ0) is 16.1. The molecule has 1 saturated heterocycles. The van der Waals surface area contributed by atoms with Gasteiger partial charge in [-0.3, -0.25) is 15.4 Å². The molecule has 1 fully saturated rings. The van der Waals surface area contributed by atoms with E-state index in [1.807, 2.05) is 0 Å². The minimum Gasteiger partial charge on any atom is -0.331 e. The molecule has 0 radical (unpaired) electrons. The van der Waals surface area contributed by atoms with Crippen molar-refractivity contribution in [1.29, 1.82) is 0 Å². The first kappa shape index (κ1) is 15.4. The van der Waals surface area contributed by atoms with E-state index in [1.165, 1.54) is 37.6 Å². The lowest BCUT2D eigenvalue weighted by Gasteiger charge is -2.12. The third-order valence-corrected chi connectivity index (χ3v) is 4.29. The number of H-pyrrole nitrogens is 1. The van der Waals surface area contributed by atoms with Crippen molar-refractivity contribution in [1.82, 2.24) is 0 Å². The fourth-order valence-electron chi connectivity index (χ4n) is 3.03. The monoisotopic (exact) mass is 314 g/mol. The maximum Gasteiger partial charge on any atom is 0.357 e. The van der Waals surface area contributed by atoms with Gasteiger partial charge >= 0.3 is 11.5 Å². The van der Waals surface area contributed by atoms with Gasteiger partial charge in [0.15, 0.2) is 0 Å². The van der Waals surface area contributed by atoms with Crippen LogP contribution in [-0.2, 0) is 13.1 Å². The minimum atomic E-state index is -0.388. The van der Waals surface area contributed by atoms with Crippen LogP contribution in [0.15, 0.2) is 42.6 Å². The van der Waals surface area contributed by atoms with E-state index in [9.17, 15) is 10.1 Å². The average molecular weight is 314 g/mol. The lowest BCUT2D eigenvalue weighted by Crippen LogP contribution is -3.08. The van der Waals surface area contributed by atoms with Crippen LogP contribution in [0.2, 0.25) is 0 Å². The van der Waals surface area contributed by atoms with Crippen LogP contribution >= 0.6 is 0 Å². The number of aromatic nitrogens is 1. The van der Waals surface area contributed by atoms with Crippen molar-refractivity contribution < 1.29 is 14.8 Å². The number of hydrogen-bond donors (Lipinski definition) is 2. The summed E-state index contributed by atoms with van der Waals surface area (Å²) >= 11 is 0. The van der Waals surface area contributed by atoms with Crippen LogP contribution in [0.5, 0.6) is 0 Å². The number of nitrogens with zero attached hydrogens (tertiary/aromatic N) is 1. The summed E-state index contributed by atoms with van der Waals surface area (Å²) in [6, 6.07) is 11.6. The van der Waals surface area contributed by atoms with Gasteiger partial charge in [0.1, 0.15) is 13.1 Å². The molecular weight excluding hydrogens is 292 g/mol. The highest BCUT2D eigenvalue weighted by Crippen LogP contribution is 2.18. The summed E-state index contributed by atoms with van der Waals surface area (Å²) in [5, 5.41) is 14.1. The van der Waals surface area contributed by atoms with Crippen LogP contribution < -0.4 is 15.2 Å². The molecule has 0 saturated carbocycles. The van der Waals surface area contributed by atoms with Crippen LogP contribution in [-0.4, -0.2) is 18.0 Å². The Hall–Kier alpha value is -2.47. The SMILES string of the molecule is O=[N+]([O-])c1ccc[nH+]c1NCc1ccc(C[NH+]2CCCC2)cc1. The summed E-state index contributed by atoms with van der Waals surface area (Å²) < 4.78 is 0. The molecule has 0 spiro atoms. The number of rotatable bonds is 6. The molecule has 2 aromatic rings. The second-order valence-corrected chi connectivity index (χ2v) is 5.99. The number of likely N-dealkylation sites (tertiary alicyclic amines) is 1. The van der Waals surface area contributed by atoms with Crippen molar-refractivity contribution in [3.8, 4) is 0 Å². The smallest absolute Gasteiger partial charge is 0.331 e. The summed E-state index contributed by atoms with van der Waals surface area (Å²) in [5.41, 5.74) is 2.52. The molecule has 0 atom stereocenters. The number of nitro groups is 1. The molecule has 1 aromatic heterocycles. The Morgan fingerprint density at radius 2 is 1.83 bits per heavy atom. The predicted octanol–water partition coefficient (Wildman–Crippen LogP) is 1.20. The summed E-state index contributed by atoms with van der Waals surface area (Å²) in [7, 11) is 0. The quantitative estimate of drug-likeness (QED) is 0.621. The third kappa shape index (κ3) is 4.04. The van der Waals surface area contributed by atoms with E-state index in [4.69, 9.17) is 0 Å². The topological polar surface area (TPSA) is 73.8 Å². The van der Waals surface area contributed by atoms with E-state index in [0.717, 1.165) is 12.1 Å². The fraction of sp³-hybridized carbons (Fsp3) is 0.353. The van der Waals surface area contributed by atoms with E-state index in [0.29, 0.717) is 12.4 Å². The molecule has 1 aliphatic heterocycles. The Bertz CT molecular complexity index is 667. The van der Waals surface area contributed by atoms with Crippen molar-refractivity contribution in [2.24, 2.45) is 0 Å². The minimum absolute atomic E-state index is 0.0572. The van der Waals surface area contributed by atoms with Crippen molar-refractivity contribution in [3.05, 3.63) is 63.8 Å². The Labute approximate surface area is 135 Å². The highest BCUT2D eigenvalue weighted by atomic mass is 16.6. The number of aromatic amines is 1. The first-order chi connectivity index (χ1) is 11.2. The van der Waals surface area contributed by atoms with E-state index in [1.54, 1.807) is 17.2 Å². The Morgan fingerprint density at radius 3 is 2.52 bits per heavy atom. The second-order valence-electron chi connectivity index (χ2n) is 5.99. The molecule has 3 rings (SSSR count). The van der Waals surface area contributed by atoms with Crippen LogP contribution in [0.25, 0.3) is 0 Å². The maximum atomic E-state index is 11.0. The Morgan fingerprint density at radius 1 is 1.13 bits per heavy atom. The standard InChI is InChI=1S/C17H20N4O2/c22-21(23)16-4-3-9-18-17(16)19-12-14-5-7-15(8-6-14)13-20-10-1-2-11-20/h3-9H,1-2,10-13H2,(H,18,19)/p+2. The summed E-state index contributed by atoms with van der Waals surface area (Å²) in [4.78, 5) is 15.1. The van der Waals surface area contributed by atoms with Gasteiger partial charge < -0.3 is 4.90 Å². The number of hydrogen-bond acceptors (Lipinski definition) is 3. The number of pyridine rings is 1. The maximum absolute atomic E-state index is 11.0. The molecule has 6 heteroatoms. The van der Waals surface area contributed by atoms with Crippen LogP contribution in [0.3, 0.4) is 0 Å². The van der Waals surface area contributed by atoms with E-state index < -0.39 is 0 Å². The molecule has 1 aromatic carbocycles. The molecule has 6 nitrogen and oxygen atoms in total. The van der Waals surface area contributed by atoms with Crippen molar-refractivity contribution in [3.63, 3.8) is 0 Å². The molecule has 120 valence electrons. The summed E-state index contributed by atoms with van der Waals surface area (Å²) in [6.45, 7) is 4.19. The van der Waals surface area contributed by atoms with E-state index in [2.05, 4.69) is 34.6 Å². The first-order valence-electron chi connectivity index (χ1n) is 8.03. The number of benzene rings is 1. The first-order valence-corrected chi connectivity index (χ1v) is 8.03. The van der Waals surface area contributed by atoms with E-state index in [-0.39, 0.29) is 10.6 Å². The number of nitrogens with one attached hydrogen (secondary N) is 3. The molecule has 2 heterocycles. The molecule has 0 bridgehead atoms. The normalized spacial score (nSPS) is 14.8. The highest BCUT2D eigenvalue weighted by Gasteiger charge is 2.19. The number of quaternary nitrogens is 1. The van der Waals surface area contributed by atoms with Gasteiger partial charge in [-0.1, -0.05) is 24.3 Å². The van der Waals surface area contributed by atoms with Gasteiger partial charge in [-0.25, -0.2) is 4.98 Å². The van der Waals surface area contributed by atoms with Gasteiger partial charge in [0.2, 0.25) is 0 Å². The molecule has 0 aliphatic carbocycles. The van der Waals surface area contributed by atoms with Crippen LogP contribution in [0, 0.1) is 10.1 Å². The van der Waals surface area contributed by atoms with E-state index >= 15 is 0 Å². The van der Waals surface area contributed by atoms with Crippen LogP contribution in [0.1, 0.15) is 24.0 Å². The molecule has 3 N–H and O–H groups in total. The van der Waals surface area contributed by atoms with Gasteiger partial charge in [0.25, 0.3) is 0 Å². The molecule has 0 unspecified atom stereocenters. The zero-order valence-corrected chi connectivity index (χ0v) is 13.0. The molecule has 0 amide bonds. The van der Waals surface area contributed by atoms with Crippen molar-refractivity contribution >= 4 is 11.5 Å². The summed E-state index contributed by atoms with van der Waals surface area (Å²) in [5.74, 6) is 0.433. The van der Waals surface area contributed by atoms with Gasteiger partial charge in [0, 0.05) is 24.5 Å².